The van der Waals surface area contributed by atoms with Gasteiger partial charge in [-0.05, 0) is 58.7 Å². The van der Waals surface area contributed by atoms with Crippen molar-refractivity contribution in [3.8, 4) is 0 Å². The Hall–Kier alpha value is -3.16. The van der Waals surface area contributed by atoms with E-state index < -0.39 is 0 Å². The van der Waals surface area contributed by atoms with Gasteiger partial charge in [0.2, 0.25) is 0 Å². The standard InChI is InChI=1S/C22H27N5O3/c1-13(2)27-20-16(12-23-27)11-18(15(4)24-20)22(29)26-9-7-17(8-10-26)25-21(28)19-6-5-14(3)30-19/h5-6,11-13,17H,7-10H2,1-4H3,(H,25,28). The average Bonchev–Trinajstić information content (AvgIpc) is 3.33. The van der Waals surface area contributed by atoms with E-state index in [2.05, 4.69) is 29.2 Å². The molecule has 0 atom stereocenters. The van der Waals surface area contributed by atoms with E-state index >= 15 is 0 Å². The van der Waals surface area contributed by atoms with Gasteiger partial charge in [0.1, 0.15) is 5.76 Å². The highest BCUT2D eigenvalue weighted by Gasteiger charge is 2.27. The van der Waals surface area contributed by atoms with E-state index in [1.165, 1.54) is 0 Å². The van der Waals surface area contributed by atoms with Gasteiger partial charge in [0.05, 0.1) is 17.5 Å². The number of fused-ring (bicyclic) bond motifs is 1. The van der Waals surface area contributed by atoms with Crippen molar-refractivity contribution in [3.05, 3.63) is 47.2 Å². The molecule has 8 heteroatoms. The number of nitrogens with zero attached hydrogens (tertiary/aromatic N) is 4. The number of carbonyl (C=O) groups excluding carboxylic acids is 2. The Balaban J connectivity index is 1.42. The fourth-order valence-corrected chi connectivity index (χ4v) is 3.87. The first kappa shape index (κ1) is 20.1. The Morgan fingerprint density at radius 1 is 1.20 bits per heavy atom. The van der Waals surface area contributed by atoms with Crippen LogP contribution in [0.2, 0.25) is 0 Å². The number of pyridine rings is 1. The summed E-state index contributed by atoms with van der Waals surface area (Å²) in [5, 5.41) is 8.27. The van der Waals surface area contributed by atoms with Crippen LogP contribution in [0.5, 0.6) is 0 Å². The molecule has 0 aromatic carbocycles. The predicted molar refractivity (Wildman–Crippen MR) is 112 cm³/mol. The molecular weight excluding hydrogens is 382 g/mol. The smallest absolute Gasteiger partial charge is 0.287 e. The van der Waals surface area contributed by atoms with Crippen molar-refractivity contribution < 1.29 is 14.0 Å². The summed E-state index contributed by atoms with van der Waals surface area (Å²) >= 11 is 0. The number of piperidine rings is 1. The molecule has 4 rings (SSSR count). The van der Waals surface area contributed by atoms with Crippen molar-refractivity contribution in [2.24, 2.45) is 0 Å². The molecule has 0 bridgehead atoms. The van der Waals surface area contributed by atoms with Gasteiger partial charge < -0.3 is 14.6 Å². The summed E-state index contributed by atoms with van der Waals surface area (Å²) in [7, 11) is 0. The largest absolute Gasteiger partial charge is 0.456 e. The van der Waals surface area contributed by atoms with Crippen molar-refractivity contribution in [3.63, 3.8) is 0 Å². The topological polar surface area (TPSA) is 93.3 Å². The molecule has 1 saturated heterocycles. The summed E-state index contributed by atoms with van der Waals surface area (Å²) in [6.45, 7) is 8.95. The lowest BCUT2D eigenvalue weighted by Gasteiger charge is -2.32. The molecule has 1 N–H and O–H groups in total. The second kappa shape index (κ2) is 7.93. The third kappa shape index (κ3) is 3.81. The lowest BCUT2D eigenvalue weighted by atomic mass is 10.0. The maximum absolute atomic E-state index is 13.1. The monoisotopic (exact) mass is 409 g/mol. The number of furan rings is 1. The Kier molecular flexibility index (Phi) is 5.32. The molecule has 4 heterocycles. The molecule has 1 aliphatic heterocycles. The van der Waals surface area contributed by atoms with Gasteiger partial charge in [-0.15, -0.1) is 0 Å². The van der Waals surface area contributed by atoms with Gasteiger partial charge in [-0.25, -0.2) is 9.67 Å². The van der Waals surface area contributed by atoms with Crippen LogP contribution in [0.1, 0.15) is 65.1 Å². The first-order chi connectivity index (χ1) is 14.3. The van der Waals surface area contributed by atoms with Crippen molar-refractivity contribution in [2.75, 3.05) is 13.1 Å². The van der Waals surface area contributed by atoms with Crippen LogP contribution >= 0.6 is 0 Å². The van der Waals surface area contributed by atoms with Crippen LogP contribution in [-0.2, 0) is 0 Å². The molecule has 0 saturated carbocycles. The van der Waals surface area contributed by atoms with Crippen LogP contribution in [0.25, 0.3) is 11.0 Å². The fraction of sp³-hybridized carbons (Fsp3) is 0.455. The summed E-state index contributed by atoms with van der Waals surface area (Å²) in [5.41, 5.74) is 2.12. The van der Waals surface area contributed by atoms with Gasteiger partial charge >= 0.3 is 0 Å². The number of hydrogen-bond donors (Lipinski definition) is 1. The van der Waals surface area contributed by atoms with Crippen LogP contribution < -0.4 is 5.32 Å². The number of carbonyl (C=O) groups is 2. The Bertz CT molecular complexity index is 1090. The molecule has 0 aliphatic carbocycles. The Labute approximate surface area is 175 Å². The van der Waals surface area contributed by atoms with Gasteiger partial charge in [0, 0.05) is 30.6 Å². The Morgan fingerprint density at radius 3 is 2.57 bits per heavy atom. The molecule has 8 nitrogen and oxygen atoms in total. The zero-order valence-electron chi connectivity index (χ0n) is 17.8. The number of hydrogen-bond acceptors (Lipinski definition) is 5. The van der Waals surface area contributed by atoms with Crippen molar-refractivity contribution in [1.82, 2.24) is 25.0 Å². The maximum atomic E-state index is 13.1. The number of likely N-dealkylation sites (tertiary alicyclic amines) is 1. The summed E-state index contributed by atoms with van der Waals surface area (Å²) in [5.74, 6) is 0.801. The highest BCUT2D eigenvalue weighted by atomic mass is 16.3. The van der Waals surface area contributed by atoms with Gasteiger partial charge in [-0.2, -0.15) is 5.10 Å². The summed E-state index contributed by atoms with van der Waals surface area (Å²) in [6.07, 6.45) is 3.17. The molecule has 30 heavy (non-hydrogen) atoms. The molecule has 1 fully saturated rings. The second-order valence-electron chi connectivity index (χ2n) is 8.17. The predicted octanol–water partition coefficient (Wildman–Crippen LogP) is 3.26. The molecule has 158 valence electrons. The van der Waals surface area contributed by atoms with Crippen molar-refractivity contribution in [2.45, 2.75) is 52.6 Å². The molecule has 3 aromatic rings. The van der Waals surface area contributed by atoms with E-state index in [1.54, 1.807) is 18.3 Å². The molecule has 0 unspecified atom stereocenters. The first-order valence-corrected chi connectivity index (χ1v) is 10.3. The minimum Gasteiger partial charge on any atom is -0.456 e. The van der Waals surface area contributed by atoms with Crippen LogP contribution in [0.3, 0.4) is 0 Å². The molecular formula is C22H27N5O3. The van der Waals surface area contributed by atoms with Gasteiger partial charge in [-0.1, -0.05) is 0 Å². The Morgan fingerprint density at radius 2 is 1.93 bits per heavy atom. The first-order valence-electron chi connectivity index (χ1n) is 10.3. The van der Waals surface area contributed by atoms with Crippen LogP contribution in [0, 0.1) is 13.8 Å². The summed E-state index contributed by atoms with van der Waals surface area (Å²) < 4.78 is 7.24. The minimum atomic E-state index is -0.208. The van der Waals surface area contributed by atoms with Crippen molar-refractivity contribution in [1.29, 1.82) is 0 Å². The lowest BCUT2D eigenvalue weighted by Crippen LogP contribution is -2.46. The highest BCUT2D eigenvalue weighted by molar-refractivity contribution is 5.98. The molecule has 3 aromatic heterocycles. The van der Waals surface area contributed by atoms with Gasteiger partial charge in [-0.3, -0.25) is 9.59 Å². The third-order valence-corrected chi connectivity index (χ3v) is 5.56. The SMILES string of the molecule is Cc1ccc(C(=O)NC2CCN(C(=O)c3cc4cnn(C(C)C)c4nc3C)CC2)o1. The van der Waals surface area contributed by atoms with E-state index in [0.29, 0.717) is 48.7 Å². The van der Waals surface area contributed by atoms with Gasteiger partial charge in [0.15, 0.2) is 11.4 Å². The summed E-state index contributed by atoms with van der Waals surface area (Å²) in [6, 6.07) is 5.57. The van der Waals surface area contributed by atoms with Crippen LogP contribution in [0.15, 0.2) is 28.8 Å². The molecule has 2 amide bonds. The number of aromatic nitrogens is 3. The van der Waals surface area contributed by atoms with Crippen LogP contribution in [0.4, 0.5) is 0 Å². The van der Waals surface area contributed by atoms with E-state index in [0.717, 1.165) is 11.0 Å². The zero-order valence-corrected chi connectivity index (χ0v) is 17.8. The fourth-order valence-electron chi connectivity index (χ4n) is 3.87. The van der Waals surface area contributed by atoms with Crippen LogP contribution in [-0.4, -0.2) is 50.6 Å². The lowest BCUT2D eigenvalue weighted by molar-refractivity contribution is 0.0694. The van der Waals surface area contributed by atoms with Crippen molar-refractivity contribution >= 4 is 22.8 Å². The van der Waals surface area contributed by atoms with E-state index in [1.807, 2.05) is 29.5 Å². The number of aryl methyl sites for hydroxylation is 2. The minimum absolute atomic E-state index is 0.0226. The maximum Gasteiger partial charge on any atom is 0.287 e. The molecule has 0 radical (unpaired) electrons. The number of amides is 2. The zero-order chi connectivity index (χ0) is 21.4. The number of rotatable bonds is 4. The second-order valence-corrected chi connectivity index (χ2v) is 8.17. The van der Waals surface area contributed by atoms with E-state index in [4.69, 9.17) is 4.42 Å². The summed E-state index contributed by atoms with van der Waals surface area (Å²) in [4.78, 5) is 31.9. The molecule has 0 spiro atoms. The number of nitrogens with one attached hydrogen (secondary N) is 1. The van der Waals surface area contributed by atoms with Gasteiger partial charge in [0.25, 0.3) is 11.8 Å². The van der Waals surface area contributed by atoms with E-state index in [-0.39, 0.29) is 23.9 Å². The highest BCUT2D eigenvalue weighted by Crippen LogP contribution is 2.22. The quantitative estimate of drug-likeness (QED) is 0.714. The third-order valence-electron chi connectivity index (χ3n) is 5.56. The molecule has 1 aliphatic rings. The van der Waals surface area contributed by atoms with E-state index in [9.17, 15) is 9.59 Å². The average molecular weight is 409 g/mol. The normalized spacial score (nSPS) is 15.2.